The normalized spacial score (nSPS) is 21.2. The Morgan fingerprint density at radius 3 is 3.10 bits per heavy atom. The van der Waals surface area contributed by atoms with Crippen LogP contribution in [0.3, 0.4) is 0 Å². The van der Waals surface area contributed by atoms with Gasteiger partial charge in [0.1, 0.15) is 5.75 Å². The number of halogens is 1. The first kappa shape index (κ1) is 14.2. The number of rotatable bonds is 5. The number of ether oxygens (including phenoxy) is 1. The zero-order chi connectivity index (χ0) is 13.9. The van der Waals surface area contributed by atoms with Gasteiger partial charge in [0.15, 0.2) is 0 Å². The van der Waals surface area contributed by atoms with Gasteiger partial charge >= 0.3 is 0 Å². The third kappa shape index (κ3) is 3.11. The predicted molar refractivity (Wildman–Crippen MR) is 82.6 cm³/mol. The van der Waals surface area contributed by atoms with E-state index in [0.717, 1.165) is 50.0 Å². The summed E-state index contributed by atoms with van der Waals surface area (Å²) in [5.74, 6) is 1.08. The van der Waals surface area contributed by atoms with Crippen molar-refractivity contribution in [3.8, 4) is 5.75 Å². The lowest BCUT2D eigenvalue weighted by molar-refractivity contribution is 0.248. The summed E-state index contributed by atoms with van der Waals surface area (Å²) in [6.07, 6.45) is 3.58. The molecule has 0 saturated carbocycles. The van der Waals surface area contributed by atoms with E-state index in [1.54, 1.807) is 0 Å². The van der Waals surface area contributed by atoms with Crippen LogP contribution in [-0.2, 0) is 13.0 Å². The Kier molecular flexibility index (Phi) is 4.49. The molecular weight excluding hydrogens is 272 g/mol. The highest BCUT2D eigenvalue weighted by Gasteiger charge is 2.21. The lowest BCUT2D eigenvalue weighted by Gasteiger charge is -2.25. The van der Waals surface area contributed by atoms with E-state index in [0.29, 0.717) is 6.04 Å². The fourth-order valence-corrected chi connectivity index (χ4v) is 3.50. The van der Waals surface area contributed by atoms with Gasteiger partial charge in [-0.2, -0.15) is 0 Å². The molecule has 1 aromatic rings. The molecule has 1 saturated heterocycles. The molecule has 0 radical (unpaired) electrons. The summed E-state index contributed by atoms with van der Waals surface area (Å²) in [5, 5.41) is 4.40. The van der Waals surface area contributed by atoms with Crippen molar-refractivity contribution < 1.29 is 4.74 Å². The number of likely N-dealkylation sites (N-methyl/N-ethyl adjacent to an activating group) is 1. The summed E-state index contributed by atoms with van der Waals surface area (Å²) in [6, 6.07) is 4.75. The minimum absolute atomic E-state index is 0.642. The lowest BCUT2D eigenvalue weighted by atomic mass is 10.1. The summed E-state index contributed by atoms with van der Waals surface area (Å²) >= 11 is 6.24. The van der Waals surface area contributed by atoms with Crippen LogP contribution < -0.4 is 10.1 Å². The summed E-state index contributed by atoms with van der Waals surface area (Å²) < 4.78 is 5.80. The van der Waals surface area contributed by atoms with E-state index in [4.69, 9.17) is 16.3 Å². The smallest absolute Gasteiger partial charge is 0.127 e. The minimum Gasteiger partial charge on any atom is -0.493 e. The van der Waals surface area contributed by atoms with Crippen molar-refractivity contribution in [2.24, 2.45) is 0 Å². The summed E-state index contributed by atoms with van der Waals surface area (Å²) in [7, 11) is 0. The van der Waals surface area contributed by atoms with E-state index in [9.17, 15) is 0 Å². The van der Waals surface area contributed by atoms with E-state index in [1.807, 2.05) is 6.07 Å². The van der Waals surface area contributed by atoms with Gasteiger partial charge < -0.3 is 10.1 Å². The van der Waals surface area contributed by atoms with Gasteiger partial charge in [0.2, 0.25) is 0 Å². The predicted octanol–water partition coefficient (Wildman–Crippen LogP) is 2.85. The molecule has 3 nitrogen and oxygen atoms in total. The SMILES string of the molecule is CCN(Cc1cc(Cl)cc2c1OCC2)CC1CCCN1. The molecule has 0 spiro atoms. The molecule has 1 unspecified atom stereocenters. The Balaban J connectivity index is 1.72. The van der Waals surface area contributed by atoms with Gasteiger partial charge in [-0.1, -0.05) is 18.5 Å². The topological polar surface area (TPSA) is 24.5 Å². The van der Waals surface area contributed by atoms with Gasteiger partial charge in [0.25, 0.3) is 0 Å². The van der Waals surface area contributed by atoms with Crippen molar-refractivity contribution in [3.63, 3.8) is 0 Å². The molecule has 2 heterocycles. The van der Waals surface area contributed by atoms with Crippen LogP contribution in [0.4, 0.5) is 0 Å². The Morgan fingerprint density at radius 2 is 2.35 bits per heavy atom. The standard InChI is InChI=1S/C16H23ClN2O/c1-2-19(11-15-4-3-6-18-15)10-13-9-14(17)8-12-5-7-20-16(12)13/h8-9,15,18H,2-7,10-11H2,1H3. The molecule has 110 valence electrons. The number of benzene rings is 1. The molecule has 0 amide bonds. The number of nitrogens with zero attached hydrogens (tertiary/aromatic N) is 1. The molecule has 1 atom stereocenters. The van der Waals surface area contributed by atoms with Gasteiger partial charge in [-0.15, -0.1) is 0 Å². The van der Waals surface area contributed by atoms with Crippen LogP contribution in [0.25, 0.3) is 0 Å². The summed E-state index contributed by atoms with van der Waals surface area (Å²) in [5.41, 5.74) is 2.51. The van der Waals surface area contributed by atoms with E-state index in [1.165, 1.54) is 24.0 Å². The van der Waals surface area contributed by atoms with Crippen LogP contribution >= 0.6 is 11.6 Å². The van der Waals surface area contributed by atoms with Crippen molar-refractivity contribution in [3.05, 3.63) is 28.3 Å². The van der Waals surface area contributed by atoms with Gasteiger partial charge in [-0.25, -0.2) is 0 Å². The van der Waals surface area contributed by atoms with Gasteiger partial charge in [0, 0.05) is 36.1 Å². The van der Waals surface area contributed by atoms with Crippen molar-refractivity contribution in [2.75, 3.05) is 26.2 Å². The van der Waals surface area contributed by atoms with Crippen molar-refractivity contribution in [1.29, 1.82) is 0 Å². The molecule has 3 rings (SSSR count). The first-order chi connectivity index (χ1) is 9.76. The molecule has 0 bridgehead atoms. The molecule has 0 aliphatic carbocycles. The van der Waals surface area contributed by atoms with Gasteiger partial charge in [0.05, 0.1) is 6.61 Å². The van der Waals surface area contributed by atoms with Crippen LogP contribution in [0.1, 0.15) is 30.9 Å². The van der Waals surface area contributed by atoms with E-state index in [-0.39, 0.29) is 0 Å². The Morgan fingerprint density at radius 1 is 1.45 bits per heavy atom. The average Bonchev–Trinajstić information content (AvgIpc) is 3.08. The molecule has 1 N–H and O–H groups in total. The van der Waals surface area contributed by atoms with Crippen molar-refractivity contribution >= 4 is 11.6 Å². The summed E-state index contributed by atoms with van der Waals surface area (Å²) in [6.45, 7) is 7.27. The zero-order valence-electron chi connectivity index (χ0n) is 12.1. The van der Waals surface area contributed by atoms with Gasteiger partial charge in [-0.05, 0) is 43.6 Å². The molecular formula is C16H23ClN2O. The molecule has 2 aliphatic rings. The number of fused-ring (bicyclic) bond motifs is 1. The van der Waals surface area contributed by atoms with Crippen LogP contribution in [0.2, 0.25) is 5.02 Å². The number of hydrogen-bond donors (Lipinski definition) is 1. The second-order valence-corrected chi connectivity index (χ2v) is 6.21. The maximum atomic E-state index is 6.24. The average molecular weight is 295 g/mol. The van der Waals surface area contributed by atoms with Gasteiger partial charge in [-0.3, -0.25) is 4.90 Å². The van der Waals surface area contributed by atoms with Crippen LogP contribution in [0.5, 0.6) is 5.75 Å². The minimum atomic E-state index is 0.642. The summed E-state index contributed by atoms with van der Waals surface area (Å²) in [4.78, 5) is 2.48. The monoisotopic (exact) mass is 294 g/mol. The van der Waals surface area contributed by atoms with Crippen molar-refractivity contribution in [1.82, 2.24) is 10.2 Å². The third-order valence-corrected chi connectivity index (χ3v) is 4.53. The van der Waals surface area contributed by atoms with Crippen molar-refractivity contribution in [2.45, 2.75) is 38.8 Å². The molecule has 1 aromatic carbocycles. The molecule has 4 heteroatoms. The van der Waals surface area contributed by atoms with E-state index < -0.39 is 0 Å². The molecule has 0 aromatic heterocycles. The Bertz CT molecular complexity index is 472. The maximum Gasteiger partial charge on any atom is 0.127 e. The highest BCUT2D eigenvalue weighted by molar-refractivity contribution is 6.30. The maximum absolute atomic E-state index is 6.24. The van der Waals surface area contributed by atoms with E-state index in [2.05, 4.69) is 23.2 Å². The second kappa shape index (κ2) is 6.33. The molecule has 2 aliphatic heterocycles. The van der Waals surface area contributed by atoms with Crippen LogP contribution in [-0.4, -0.2) is 37.2 Å². The molecule has 20 heavy (non-hydrogen) atoms. The zero-order valence-corrected chi connectivity index (χ0v) is 12.9. The largest absolute Gasteiger partial charge is 0.493 e. The molecule has 1 fully saturated rings. The fourth-order valence-electron chi connectivity index (χ4n) is 3.23. The first-order valence-electron chi connectivity index (χ1n) is 7.66. The second-order valence-electron chi connectivity index (χ2n) is 5.77. The van der Waals surface area contributed by atoms with Crippen LogP contribution in [0, 0.1) is 0 Å². The highest BCUT2D eigenvalue weighted by Crippen LogP contribution is 2.33. The quantitative estimate of drug-likeness (QED) is 0.904. The van der Waals surface area contributed by atoms with E-state index >= 15 is 0 Å². The highest BCUT2D eigenvalue weighted by atomic mass is 35.5. The fraction of sp³-hybridized carbons (Fsp3) is 0.625. The lowest BCUT2D eigenvalue weighted by Crippen LogP contribution is -2.37. The Labute approximate surface area is 126 Å². The third-order valence-electron chi connectivity index (χ3n) is 4.31. The van der Waals surface area contributed by atoms with Crippen LogP contribution in [0.15, 0.2) is 12.1 Å². The Hall–Kier alpha value is -0.770. The number of nitrogens with one attached hydrogen (secondary N) is 1. The number of hydrogen-bond acceptors (Lipinski definition) is 3. The first-order valence-corrected chi connectivity index (χ1v) is 8.04.